The summed E-state index contributed by atoms with van der Waals surface area (Å²) in [6.45, 7) is 4.41. The van der Waals surface area contributed by atoms with E-state index in [9.17, 15) is 5.11 Å². The largest absolute Gasteiger partial charge is 0.386 e. The third-order valence-corrected chi connectivity index (χ3v) is 4.25. The lowest BCUT2D eigenvalue weighted by Crippen LogP contribution is -2.46. The van der Waals surface area contributed by atoms with Crippen LogP contribution < -0.4 is 5.32 Å². The number of ether oxygens (including phenoxy) is 1. The third kappa shape index (κ3) is 2.96. The minimum Gasteiger partial charge on any atom is -0.386 e. The molecule has 1 aliphatic carbocycles. The second kappa shape index (κ2) is 5.48. The van der Waals surface area contributed by atoms with Crippen molar-refractivity contribution in [2.24, 2.45) is 5.92 Å². The maximum absolute atomic E-state index is 10.3. The molecular weight excluding hydrogens is 202 g/mol. The summed E-state index contributed by atoms with van der Waals surface area (Å²) in [6.07, 6.45) is 7.64. The van der Waals surface area contributed by atoms with E-state index in [2.05, 4.69) is 5.32 Å². The number of hydrogen-bond acceptors (Lipinski definition) is 3. The lowest BCUT2D eigenvalue weighted by molar-refractivity contribution is -0.0266. The zero-order chi connectivity index (χ0) is 11.4. The second-order valence-electron chi connectivity index (χ2n) is 5.50. The molecule has 2 rings (SSSR count). The molecule has 0 spiro atoms. The molecule has 1 aliphatic heterocycles. The molecule has 0 aromatic heterocycles. The molecule has 0 aromatic rings. The van der Waals surface area contributed by atoms with E-state index >= 15 is 0 Å². The Balaban J connectivity index is 1.66. The number of aliphatic hydroxyl groups is 1. The van der Waals surface area contributed by atoms with Gasteiger partial charge < -0.3 is 15.2 Å². The summed E-state index contributed by atoms with van der Waals surface area (Å²) in [7, 11) is 0. The molecule has 1 saturated heterocycles. The van der Waals surface area contributed by atoms with Crippen molar-refractivity contribution >= 4 is 0 Å². The molecule has 0 amide bonds. The standard InChI is InChI=1S/C13H25NO2/c1-11-13(15,7-8-16-11)10-14-9-12-5-3-2-4-6-12/h11-12,14-15H,2-10H2,1H3. The lowest BCUT2D eigenvalue weighted by atomic mass is 9.89. The fourth-order valence-corrected chi connectivity index (χ4v) is 2.89. The van der Waals surface area contributed by atoms with E-state index in [4.69, 9.17) is 4.74 Å². The molecule has 2 fully saturated rings. The van der Waals surface area contributed by atoms with Crippen molar-refractivity contribution in [1.82, 2.24) is 5.32 Å². The topological polar surface area (TPSA) is 41.5 Å². The molecule has 0 radical (unpaired) electrons. The molecule has 16 heavy (non-hydrogen) atoms. The summed E-state index contributed by atoms with van der Waals surface area (Å²) in [5.41, 5.74) is -0.630. The van der Waals surface area contributed by atoms with Gasteiger partial charge in [-0.2, -0.15) is 0 Å². The fourth-order valence-electron chi connectivity index (χ4n) is 2.89. The first-order valence-electron chi connectivity index (χ1n) is 6.75. The summed E-state index contributed by atoms with van der Waals surface area (Å²) in [6, 6.07) is 0. The van der Waals surface area contributed by atoms with Gasteiger partial charge in [-0.25, -0.2) is 0 Å². The van der Waals surface area contributed by atoms with Crippen molar-refractivity contribution in [3.63, 3.8) is 0 Å². The highest BCUT2D eigenvalue weighted by Crippen LogP contribution is 2.26. The summed E-state index contributed by atoms with van der Waals surface area (Å²) < 4.78 is 5.42. The number of hydrogen-bond donors (Lipinski definition) is 2. The Morgan fingerprint density at radius 3 is 2.69 bits per heavy atom. The van der Waals surface area contributed by atoms with Gasteiger partial charge in [-0.1, -0.05) is 19.3 Å². The summed E-state index contributed by atoms with van der Waals surface area (Å²) in [4.78, 5) is 0. The molecular formula is C13H25NO2. The van der Waals surface area contributed by atoms with Crippen LogP contribution in [0.2, 0.25) is 0 Å². The Morgan fingerprint density at radius 1 is 1.31 bits per heavy atom. The van der Waals surface area contributed by atoms with Crippen LogP contribution in [-0.4, -0.2) is 36.5 Å². The predicted octanol–water partition coefficient (Wildman–Crippen LogP) is 1.70. The van der Waals surface area contributed by atoms with Crippen molar-refractivity contribution in [2.45, 2.75) is 57.2 Å². The van der Waals surface area contributed by atoms with Gasteiger partial charge in [0.05, 0.1) is 6.10 Å². The maximum atomic E-state index is 10.3. The summed E-state index contributed by atoms with van der Waals surface area (Å²) in [5, 5.41) is 13.7. The molecule has 0 aromatic carbocycles. The molecule has 2 unspecified atom stereocenters. The van der Waals surface area contributed by atoms with Gasteiger partial charge in [0, 0.05) is 19.6 Å². The Bertz CT molecular complexity index is 216. The zero-order valence-corrected chi connectivity index (χ0v) is 10.4. The normalized spacial score (nSPS) is 36.8. The monoisotopic (exact) mass is 227 g/mol. The van der Waals surface area contributed by atoms with Gasteiger partial charge in [0.15, 0.2) is 0 Å². The van der Waals surface area contributed by atoms with E-state index in [0.29, 0.717) is 13.2 Å². The van der Waals surface area contributed by atoms with Crippen molar-refractivity contribution in [2.75, 3.05) is 19.7 Å². The quantitative estimate of drug-likeness (QED) is 0.768. The van der Waals surface area contributed by atoms with Gasteiger partial charge in [0.1, 0.15) is 5.60 Å². The molecule has 3 heteroatoms. The molecule has 3 nitrogen and oxygen atoms in total. The van der Waals surface area contributed by atoms with Crippen LogP contribution in [0, 0.1) is 5.92 Å². The molecule has 1 saturated carbocycles. The van der Waals surface area contributed by atoms with Gasteiger partial charge in [-0.05, 0) is 32.2 Å². The molecule has 94 valence electrons. The van der Waals surface area contributed by atoms with Gasteiger partial charge >= 0.3 is 0 Å². The summed E-state index contributed by atoms with van der Waals surface area (Å²) in [5.74, 6) is 0.829. The first-order chi connectivity index (χ1) is 7.71. The van der Waals surface area contributed by atoms with Crippen LogP contribution in [0.3, 0.4) is 0 Å². The Labute approximate surface area is 98.6 Å². The van der Waals surface area contributed by atoms with E-state index in [1.165, 1.54) is 32.1 Å². The third-order valence-electron chi connectivity index (χ3n) is 4.25. The van der Waals surface area contributed by atoms with Crippen LogP contribution in [0.1, 0.15) is 45.4 Å². The highest BCUT2D eigenvalue weighted by molar-refractivity contribution is 4.91. The smallest absolute Gasteiger partial charge is 0.105 e. The average molecular weight is 227 g/mol. The van der Waals surface area contributed by atoms with Crippen LogP contribution in [0.15, 0.2) is 0 Å². The zero-order valence-electron chi connectivity index (χ0n) is 10.4. The van der Waals surface area contributed by atoms with Gasteiger partial charge in [0.25, 0.3) is 0 Å². The van der Waals surface area contributed by atoms with Crippen LogP contribution in [-0.2, 0) is 4.74 Å². The van der Waals surface area contributed by atoms with E-state index in [1.807, 2.05) is 6.92 Å². The summed E-state index contributed by atoms with van der Waals surface area (Å²) >= 11 is 0. The first kappa shape index (κ1) is 12.3. The van der Waals surface area contributed by atoms with Crippen molar-refractivity contribution in [3.8, 4) is 0 Å². The molecule has 2 N–H and O–H groups in total. The van der Waals surface area contributed by atoms with E-state index in [-0.39, 0.29) is 6.10 Å². The molecule has 0 bridgehead atoms. The molecule has 2 aliphatic rings. The molecule has 2 atom stereocenters. The number of rotatable bonds is 4. The SMILES string of the molecule is CC1OCCC1(O)CNCC1CCCCC1. The fraction of sp³-hybridized carbons (Fsp3) is 1.00. The minimum atomic E-state index is -0.630. The predicted molar refractivity (Wildman–Crippen MR) is 64.4 cm³/mol. The van der Waals surface area contributed by atoms with Crippen LogP contribution in [0.25, 0.3) is 0 Å². The average Bonchev–Trinajstić information content (AvgIpc) is 2.61. The Hall–Kier alpha value is -0.120. The van der Waals surface area contributed by atoms with E-state index in [0.717, 1.165) is 18.9 Å². The van der Waals surface area contributed by atoms with Crippen LogP contribution in [0.5, 0.6) is 0 Å². The van der Waals surface area contributed by atoms with Gasteiger partial charge in [-0.3, -0.25) is 0 Å². The highest BCUT2D eigenvalue weighted by atomic mass is 16.5. The van der Waals surface area contributed by atoms with Crippen molar-refractivity contribution < 1.29 is 9.84 Å². The minimum absolute atomic E-state index is 0.0219. The van der Waals surface area contributed by atoms with E-state index in [1.54, 1.807) is 0 Å². The van der Waals surface area contributed by atoms with Crippen molar-refractivity contribution in [1.29, 1.82) is 0 Å². The Kier molecular flexibility index (Phi) is 4.22. The second-order valence-corrected chi connectivity index (χ2v) is 5.50. The number of nitrogens with one attached hydrogen (secondary N) is 1. The Morgan fingerprint density at radius 2 is 2.06 bits per heavy atom. The van der Waals surface area contributed by atoms with Crippen LogP contribution >= 0.6 is 0 Å². The van der Waals surface area contributed by atoms with Gasteiger partial charge in [-0.15, -0.1) is 0 Å². The first-order valence-corrected chi connectivity index (χ1v) is 6.75. The van der Waals surface area contributed by atoms with Crippen molar-refractivity contribution in [3.05, 3.63) is 0 Å². The van der Waals surface area contributed by atoms with E-state index < -0.39 is 5.60 Å². The van der Waals surface area contributed by atoms with Gasteiger partial charge in [0.2, 0.25) is 0 Å². The molecule has 1 heterocycles. The highest BCUT2D eigenvalue weighted by Gasteiger charge is 2.39. The lowest BCUT2D eigenvalue weighted by Gasteiger charge is -2.28. The van der Waals surface area contributed by atoms with Crippen LogP contribution in [0.4, 0.5) is 0 Å². The maximum Gasteiger partial charge on any atom is 0.105 e.